The van der Waals surface area contributed by atoms with E-state index in [4.69, 9.17) is 0 Å². The van der Waals surface area contributed by atoms with Crippen molar-refractivity contribution in [1.82, 2.24) is 15.1 Å². The smallest absolute Gasteiger partial charge is 0.321 e. The Bertz CT molecular complexity index is 751. The van der Waals surface area contributed by atoms with Crippen molar-refractivity contribution in [2.24, 2.45) is 9.98 Å². The van der Waals surface area contributed by atoms with Crippen molar-refractivity contribution in [1.29, 1.82) is 0 Å². The van der Waals surface area contributed by atoms with Crippen LogP contribution in [0.3, 0.4) is 0 Å². The number of amides is 2. The summed E-state index contributed by atoms with van der Waals surface area (Å²) in [5.41, 5.74) is 2.66. The second kappa shape index (κ2) is 10.5. The van der Waals surface area contributed by atoms with E-state index in [1.54, 1.807) is 25.3 Å². The molecule has 0 aromatic carbocycles. The van der Waals surface area contributed by atoms with E-state index >= 15 is 0 Å². The second-order valence-electron chi connectivity index (χ2n) is 6.81. The van der Waals surface area contributed by atoms with E-state index in [-0.39, 0.29) is 11.8 Å². The summed E-state index contributed by atoms with van der Waals surface area (Å²) in [5, 5.41) is 12.6. The molecule has 0 bridgehead atoms. The predicted molar refractivity (Wildman–Crippen MR) is 115 cm³/mol. The second-order valence-corrected chi connectivity index (χ2v) is 6.81. The van der Waals surface area contributed by atoms with Gasteiger partial charge in [-0.15, -0.1) is 0 Å². The molecule has 0 saturated carbocycles. The van der Waals surface area contributed by atoms with Crippen molar-refractivity contribution in [3.05, 3.63) is 47.0 Å². The Labute approximate surface area is 167 Å². The maximum atomic E-state index is 12.5. The lowest BCUT2D eigenvalue weighted by atomic mass is 10.2. The molecule has 2 aliphatic heterocycles. The Kier molecular flexibility index (Phi) is 8.04. The van der Waals surface area contributed by atoms with Crippen LogP contribution in [0.5, 0.6) is 0 Å². The number of nitrogens with zero attached hydrogens (tertiary/aromatic N) is 4. The van der Waals surface area contributed by atoms with E-state index in [1.165, 1.54) is 0 Å². The average Bonchev–Trinajstić information content (AvgIpc) is 2.72. The van der Waals surface area contributed by atoms with E-state index in [1.807, 2.05) is 24.8 Å². The van der Waals surface area contributed by atoms with Crippen LogP contribution in [0.2, 0.25) is 0 Å². The van der Waals surface area contributed by atoms with Crippen LogP contribution in [0.15, 0.2) is 57.0 Å². The van der Waals surface area contributed by atoms with Gasteiger partial charge in [0.1, 0.15) is 11.6 Å². The number of nitrogens with one attached hydrogen (secondary N) is 1. The monoisotopic (exact) mass is 385 g/mol. The van der Waals surface area contributed by atoms with Gasteiger partial charge < -0.3 is 20.2 Å². The average molecular weight is 386 g/mol. The highest BCUT2D eigenvalue weighted by Gasteiger charge is 2.23. The number of carbonyl (C=O) groups excluding carboxylic acids is 1. The number of rotatable bonds is 4. The molecule has 0 aromatic rings. The third-order valence-electron chi connectivity index (χ3n) is 4.71. The quantitative estimate of drug-likeness (QED) is 0.575. The maximum absolute atomic E-state index is 12.5. The third-order valence-corrected chi connectivity index (χ3v) is 4.71. The number of hydrogen-bond donors (Lipinski definition) is 2. The van der Waals surface area contributed by atoms with Crippen LogP contribution < -0.4 is 5.32 Å². The molecule has 2 aliphatic rings. The summed E-state index contributed by atoms with van der Waals surface area (Å²) < 4.78 is 0. The molecule has 2 N–H and O–H groups in total. The summed E-state index contributed by atoms with van der Waals surface area (Å²) in [6.45, 7) is 10.9. The summed E-state index contributed by atoms with van der Waals surface area (Å²) in [6, 6.07) is -0.0701. The molecule has 1 fully saturated rings. The van der Waals surface area contributed by atoms with E-state index in [0.717, 1.165) is 29.2 Å². The Morgan fingerprint density at radius 2 is 2.00 bits per heavy atom. The van der Waals surface area contributed by atoms with Crippen LogP contribution >= 0.6 is 0 Å². The summed E-state index contributed by atoms with van der Waals surface area (Å²) in [6.07, 6.45) is 10.1. The van der Waals surface area contributed by atoms with Crippen molar-refractivity contribution in [2.45, 2.75) is 34.1 Å². The van der Waals surface area contributed by atoms with Gasteiger partial charge in [-0.05, 0) is 38.8 Å². The fourth-order valence-corrected chi connectivity index (χ4v) is 2.81. The topological polar surface area (TPSA) is 80.5 Å². The minimum absolute atomic E-state index is 0.0701. The number of piperazine rings is 1. The number of urea groups is 1. The first kappa shape index (κ1) is 21.5. The van der Waals surface area contributed by atoms with E-state index < -0.39 is 0 Å². The molecule has 2 amide bonds. The highest BCUT2D eigenvalue weighted by atomic mass is 16.3. The molecular formula is C21H31N5O2. The number of aliphatic hydroxyl groups is 1. The molecular weight excluding hydrogens is 354 g/mol. The van der Waals surface area contributed by atoms with Crippen LogP contribution in [-0.2, 0) is 0 Å². The fraction of sp³-hybridized carbons (Fsp3) is 0.476. The van der Waals surface area contributed by atoms with Gasteiger partial charge in [-0.3, -0.25) is 4.99 Å². The molecule has 28 heavy (non-hydrogen) atoms. The van der Waals surface area contributed by atoms with Crippen LogP contribution in [0.25, 0.3) is 0 Å². The molecule has 0 spiro atoms. The van der Waals surface area contributed by atoms with Crippen molar-refractivity contribution < 1.29 is 9.90 Å². The lowest BCUT2D eigenvalue weighted by molar-refractivity contribution is 0.172. The Balaban J connectivity index is 1.93. The normalized spacial score (nSPS) is 20.5. The first-order chi connectivity index (χ1) is 13.4. The lowest BCUT2D eigenvalue weighted by Crippen LogP contribution is -2.53. The molecule has 0 atom stereocenters. The van der Waals surface area contributed by atoms with Gasteiger partial charge in [-0.2, -0.15) is 0 Å². The Morgan fingerprint density at radius 1 is 1.29 bits per heavy atom. The standard InChI is InChI=1S/C21H31N5O2/c1-5-7-8-16(3)17(4)23-21(28)26-11-9-25(10-12-26)20-15-22-14-18(24-20)13-19(27)6-2/h6-8,13,15,27H,5,9-12,14H2,1-4H3,(H,23,28)/b8-7-,17-16+,18-13+,19-6+. The number of carbonyl (C=O) groups is 1. The van der Waals surface area contributed by atoms with Crippen LogP contribution in [0, 0.1) is 0 Å². The molecule has 2 heterocycles. The number of aliphatic hydroxyl groups excluding tert-OH is 1. The maximum Gasteiger partial charge on any atom is 0.321 e. The van der Waals surface area contributed by atoms with Gasteiger partial charge in [-0.25, -0.2) is 9.79 Å². The molecule has 7 nitrogen and oxygen atoms in total. The minimum Gasteiger partial charge on any atom is -0.508 e. The van der Waals surface area contributed by atoms with Gasteiger partial charge in [0.15, 0.2) is 0 Å². The summed E-state index contributed by atoms with van der Waals surface area (Å²) >= 11 is 0. The third kappa shape index (κ3) is 6.11. The molecule has 0 radical (unpaired) electrons. The first-order valence-corrected chi connectivity index (χ1v) is 9.73. The number of hydrogen-bond acceptors (Lipinski definition) is 5. The minimum atomic E-state index is -0.0701. The number of amidine groups is 1. The van der Waals surface area contributed by atoms with Gasteiger partial charge in [0.25, 0.3) is 0 Å². The van der Waals surface area contributed by atoms with Crippen molar-refractivity contribution in [3.63, 3.8) is 0 Å². The summed E-state index contributed by atoms with van der Waals surface area (Å²) in [5.74, 6) is 0.960. The molecule has 0 aliphatic carbocycles. The van der Waals surface area contributed by atoms with Gasteiger partial charge in [-0.1, -0.05) is 19.1 Å². The molecule has 0 aromatic heterocycles. The highest BCUT2D eigenvalue weighted by Crippen LogP contribution is 2.11. The summed E-state index contributed by atoms with van der Waals surface area (Å²) in [7, 11) is 0. The van der Waals surface area contributed by atoms with Crippen molar-refractivity contribution >= 4 is 18.1 Å². The van der Waals surface area contributed by atoms with E-state index in [9.17, 15) is 9.90 Å². The predicted octanol–water partition coefficient (Wildman–Crippen LogP) is 3.40. The van der Waals surface area contributed by atoms with Gasteiger partial charge >= 0.3 is 6.03 Å². The van der Waals surface area contributed by atoms with Gasteiger partial charge in [0, 0.05) is 38.0 Å². The van der Waals surface area contributed by atoms with Crippen molar-refractivity contribution in [2.75, 3.05) is 32.7 Å². The van der Waals surface area contributed by atoms with Crippen LogP contribution in [-0.4, -0.2) is 65.7 Å². The zero-order valence-electron chi connectivity index (χ0n) is 17.3. The van der Waals surface area contributed by atoms with Crippen LogP contribution in [0.4, 0.5) is 4.79 Å². The largest absolute Gasteiger partial charge is 0.508 e. The first-order valence-electron chi connectivity index (χ1n) is 9.73. The lowest BCUT2D eigenvalue weighted by Gasteiger charge is -2.36. The molecule has 1 saturated heterocycles. The number of aliphatic imine (C=N–C) groups is 2. The zero-order chi connectivity index (χ0) is 20.5. The number of allylic oxidation sites excluding steroid dienone is 6. The highest BCUT2D eigenvalue weighted by molar-refractivity contribution is 6.30. The summed E-state index contributed by atoms with van der Waals surface area (Å²) in [4.78, 5) is 25.4. The van der Waals surface area contributed by atoms with E-state index in [0.29, 0.717) is 32.7 Å². The van der Waals surface area contributed by atoms with Gasteiger partial charge in [0.05, 0.1) is 18.5 Å². The Morgan fingerprint density at radius 3 is 2.64 bits per heavy atom. The Hall–Kier alpha value is -2.83. The SMILES string of the molecule is C/C=C(O)\C=C1/CN=CC(N2CCN(C(=O)N/C(C)=C(C)/C=C\CC)CC2)=N1. The molecule has 0 unspecified atom stereocenters. The van der Waals surface area contributed by atoms with Crippen molar-refractivity contribution in [3.8, 4) is 0 Å². The molecule has 152 valence electrons. The zero-order valence-corrected chi connectivity index (χ0v) is 17.3. The van der Waals surface area contributed by atoms with E-state index in [2.05, 4.69) is 33.2 Å². The molecule has 2 rings (SSSR count). The fourth-order valence-electron chi connectivity index (χ4n) is 2.81. The van der Waals surface area contributed by atoms with Crippen LogP contribution in [0.1, 0.15) is 34.1 Å². The molecule has 7 heteroatoms. The van der Waals surface area contributed by atoms with Gasteiger partial charge in [0.2, 0.25) is 0 Å².